The Morgan fingerprint density at radius 1 is 1.15 bits per heavy atom. The lowest BCUT2D eigenvalue weighted by atomic mass is 10.1. The van der Waals surface area contributed by atoms with Crippen molar-refractivity contribution in [2.24, 2.45) is 7.05 Å². The zero-order chi connectivity index (χ0) is 14.9. The van der Waals surface area contributed by atoms with E-state index in [0.717, 1.165) is 11.3 Å². The molecule has 0 saturated heterocycles. The molecule has 20 heavy (non-hydrogen) atoms. The normalized spacial score (nSPS) is 10.4. The molecule has 2 aromatic rings. The van der Waals surface area contributed by atoms with Crippen LogP contribution in [0, 0.1) is 20.8 Å². The third kappa shape index (κ3) is 2.64. The lowest BCUT2D eigenvalue weighted by molar-refractivity contribution is 0.102. The standard InChI is InChI=1S/C16H18N2O2/c1-10-6-5-7-13(8-10)17-15(19)14-11(2)9-12(3)18(4)16(14)20/h5-9H,1-4H3,(H,17,19). The molecule has 0 spiro atoms. The number of carbonyl (C=O) groups excluding carboxylic acids is 1. The van der Waals surface area contributed by atoms with Crippen molar-refractivity contribution in [3.63, 3.8) is 0 Å². The van der Waals surface area contributed by atoms with Crippen LogP contribution in [-0.2, 0) is 7.05 Å². The third-order valence-electron chi connectivity index (χ3n) is 3.37. The fourth-order valence-corrected chi connectivity index (χ4v) is 2.17. The summed E-state index contributed by atoms with van der Waals surface area (Å²) in [7, 11) is 1.67. The summed E-state index contributed by atoms with van der Waals surface area (Å²) in [6, 6.07) is 9.33. The lowest BCUT2D eigenvalue weighted by Gasteiger charge is -2.11. The first-order chi connectivity index (χ1) is 9.40. The van der Waals surface area contributed by atoms with E-state index in [4.69, 9.17) is 0 Å². The Morgan fingerprint density at radius 2 is 1.85 bits per heavy atom. The topological polar surface area (TPSA) is 51.1 Å². The van der Waals surface area contributed by atoms with Crippen molar-refractivity contribution >= 4 is 11.6 Å². The van der Waals surface area contributed by atoms with Crippen LogP contribution in [0.25, 0.3) is 0 Å². The first-order valence-electron chi connectivity index (χ1n) is 6.45. The molecule has 4 heteroatoms. The van der Waals surface area contributed by atoms with Crippen LogP contribution in [0.2, 0.25) is 0 Å². The molecule has 104 valence electrons. The van der Waals surface area contributed by atoms with Gasteiger partial charge in [-0.2, -0.15) is 0 Å². The summed E-state index contributed by atoms with van der Waals surface area (Å²) < 4.78 is 1.48. The van der Waals surface area contributed by atoms with Crippen LogP contribution in [0.4, 0.5) is 5.69 Å². The van der Waals surface area contributed by atoms with Crippen LogP contribution in [0.5, 0.6) is 0 Å². The molecule has 1 amide bonds. The van der Waals surface area contributed by atoms with Gasteiger partial charge in [0.05, 0.1) is 0 Å². The smallest absolute Gasteiger partial charge is 0.263 e. The minimum atomic E-state index is -0.367. The van der Waals surface area contributed by atoms with Crippen LogP contribution in [0.3, 0.4) is 0 Å². The average molecular weight is 270 g/mol. The van der Waals surface area contributed by atoms with Crippen LogP contribution in [0.15, 0.2) is 35.1 Å². The predicted molar refractivity (Wildman–Crippen MR) is 80.3 cm³/mol. The minimum absolute atomic E-state index is 0.194. The fraction of sp³-hybridized carbons (Fsp3) is 0.250. The van der Waals surface area contributed by atoms with E-state index in [2.05, 4.69) is 5.32 Å². The van der Waals surface area contributed by atoms with Crippen molar-refractivity contribution in [1.29, 1.82) is 0 Å². The second-order valence-corrected chi connectivity index (χ2v) is 5.03. The van der Waals surface area contributed by atoms with E-state index in [0.29, 0.717) is 11.3 Å². The Morgan fingerprint density at radius 3 is 2.50 bits per heavy atom. The van der Waals surface area contributed by atoms with E-state index >= 15 is 0 Å². The van der Waals surface area contributed by atoms with E-state index in [1.807, 2.05) is 38.1 Å². The van der Waals surface area contributed by atoms with E-state index in [1.165, 1.54) is 4.57 Å². The second kappa shape index (κ2) is 5.33. The number of aromatic nitrogens is 1. The maximum Gasteiger partial charge on any atom is 0.263 e. The SMILES string of the molecule is Cc1cccc(NC(=O)c2c(C)cc(C)n(C)c2=O)c1. The summed E-state index contributed by atoms with van der Waals surface area (Å²) in [5, 5.41) is 2.78. The molecular formula is C16H18N2O2. The highest BCUT2D eigenvalue weighted by atomic mass is 16.2. The van der Waals surface area contributed by atoms with E-state index in [1.54, 1.807) is 20.0 Å². The van der Waals surface area contributed by atoms with Gasteiger partial charge in [-0.3, -0.25) is 9.59 Å². The van der Waals surface area contributed by atoms with Crippen molar-refractivity contribution in [1.82, 2.24) is 4.57 Å². The van der Waals surface area contributed by atoms with E-state index in [-0.39, 0.29) is 17.0 Å². The summed E-state index contributed by atoms with van der Waals surface area (Å²) in [4.78, 5) is 24.5. The Labute approximate surface area is 118 Å². The number of hydrogen-bond acceptors (Lipinski definition) is 2. The number of carbonyl (C=O) groups is 1. The van der Waals surface area contributed by atoms with Gasteiger partial charge in [0.1, 0.15) is 5.56 Å². The van der Waals surface area contributed by atoms with E-state index in [9.17, 15) is 9.59 Å². The van der Waals surface area contributed by atoms with Gasteiger partial charge in [-0.15, -0.1) is 0 Å². The molecule has 0 radical (unpaired) electrons. The van der Waals surface area contributed by atoms with Gasteiger partial charge in [-0.1, -0.05) is 12.1 Å². The Hall–Kier alpha value is -2.36. The highest BCUT2D eigenvalue weighted by molar-refractivity contribution is 6.05. The molecule has 0 aliphatic carbocycles. The lowest BCUT2D eigenvalue weighted by Crippen LogP contribution is -2.30. The molecule has 4 nitrogen and oxygen atoms in total. The zero-order valence-electron chi connectivity index (χ0n) is 12.2. The largest absolute Gasteiger partial charge is 0.322 e. The third-order valence-corrected chi connectivity index (χ3v) is 3.37. The molecule has 0 bridgehead atoms. The predicted octanol–water partition coefficient (Wildman–Crippen LogP) is 2.56. The highest BCUT2D eigenvalue weighted by Gasteiger charge is 2.16. The van der Waals surface area contributed by atoms with Gasteiger partial charge < -0.3 is 9.88 Å². The Balaban J connectivity index is 2.40. The van der Waals surface area contributed by atoms with Gasteiger partial charge in [0.2, 0.25) is 0 Å². The minimum Gasteiger partial charge on any atom is -0.322 e. The summed E-state index contributed by atoms with van der Waals surface area (Å²) in [6.07, 6.45) is 0. The molecule has 0 aliphatic rings. The van der Waals surface area contributed by atoms with Gasteiger partial charge in [-0.25, -0.2) is 0 Å². The van der Waals surface area contributed by atoms with Crippen molar-refractivity contribution < 1.29 is 4.79 Å². The maximum absolute atomic E-state index is 12.3. The van der Waals surface area contributed by atoms with Crippen LogP contribution < -0.4 is 10.9 Å². The van der Waals surface area contributed by atoms with E-state index < -0.39 is 0 Å². The van der Waals surface area contributed by atoms with Crippen molar-refractivity contribution in [3.05, 3.63) is 63.1 Å². The zero-order valence-corrected chi connectivity index (χ0v) is 12.2. The average Bonchev–Trinajstić information content (AvgIpc) is 2.36. The number of nitrogens with one attached hydrogen (secondary N) is 1. The van der Waals surface area contributed by atoms with Crippen molar-refractivity contribution in [3.8, 4) is 0 Å². The number of hydrogen-bond donors (Lipinski definition) is 1. The molecule has 0 atom stereocenters. The highest BCUT2D eigenvalue weighted by Crippen LogP contribution is 2.12. The molecular weight excluding hydrogens is 252 g/mol. The van der Waals surface area contributed by atoms with Crippen molar-refractivity contribution in [2.45, 2.75) is 20.8 Å². The molecule has 1 aromatic heterocycles. The molecule has 0 unspecified atom stereocenters. The molecule has 0 fully saturated rings. The molecule has 0 saturated carbocycles. The van der Waals surface area contributed by atoms with Crippen LogP contribution >= 0.6 is 0 Å². The molecule has 1 aromatic carbocycles. The number of pyridine rings is 1. The summed E-state index contributed by atoms with van der Waals surface area (Å²) in [6.45, 7) is 5.57. The first-order valence-corrected chi connectivity index (χ1v) is 6.45. The fourth-order valence-electron chi connectivity index (χ4n) is 2.17. The number of anilines is 1. The van der Waals surface area contributed by atoms with Gasteiger partial charge in [0.15, 0.2) is 0 Å². The van der Waals surface area contributed by atoms with Gasteiger partial charge in [0.25, 0.3) is 11.5 Å². The number of benzene rings is 1. The van der Waals surface area contributed by atoms with Crippen molar-refractivity contribution in [2.75, 3.05) is 5.32 Å². The molecule has 1 heterocycles. The number of rotatable bonds is 2. The summed E-state index contributed by atoms with van der Waals surface area (Å²) >= 11 is 0. The molecule has 0 aliphatic heterocycles. The maximum atomic E-state index is 12.3. The number of amides is 1. The van der Waals surface area contributed by atoms with Gasteiger partial charge >= 0.3 is 0 Å². The monoisotopic (exact) mass is 270 g/mol. The number of nitrogens with zero attached hydrogens (tertiary/aromatic N) is 1. The Kier molecular flexibility index (Phi) is 3.74. The molecule has 1 N–H and O–H groups in total. The van der Waals surface area contributed by atoms with Gasteiger partial charge in [0, 0.05) is 18.4 Å². The quantitative estimate of drug-likeness (QED) is 0.911. The second-order valence-electron chi connectivity index (χ2n) is 5.03. The van der Waals surface area contributed by atoms with Crippen LogP contribution in [-0.4, -0.2) is 10.5 Å². The first kappa shape index (κ1) is 14.1. The number of aryl methyl sites for hydroxylation is 3. The van der Waals surface area contributed by atoms with Crippen LogP contribution in [0.1, 0.15) is 27.2 Å². The molecule has 2 rings (SSSR count). The Bertz CT molecular complexity index is 730. The summed E-state index contributed by atoms with van der Waals surface area (Å²) in [5.41, 5.74) is 3.19. The summed E-state index contributed by atoms with van der Waals surface area (Å²) in [5.74, 6) is -0.367. The van der Waals surface area contributed by atoms with Gasteiger partial charge in [-0.05, 0) is 50.1 Å².